The molecular formula is C33H34F6N4O2. The molecule has 2 aliphatic carbocycles. The Morgan fingerprint density at radius 3 is 1.33 bits per heavy atom. The first-order chi connectivity index (χ1) is 20.8. The van der Waals surface area contributed by atoms with Crippen molar-refractivity contribution in [2.45, 2.75) is 80.6 Å². The third-order valence-corrected chi connectivity index (χ3v) is 9.43. The molecule has 2 aromatic rings. The fraction of sp³-hybridized carbons (Fsp3) is 0.394. The second-order valence-electron chi connectivity index (χ2n) is 13.4. The molecule has 12 heteroatoms. The molecule has 0 amide bonds. The van der Waals surface area contributed by atoms with E-state index >= 15 is 0 Å². The summed E-state index contributed by atoms with van der Waals surface area (Å²) in [5.74, 6) is -0.124. The number of alkyl halides is 6. The van der Waals surface area contributed by atoms with Gasteiger partial charge in [-0.25, -0.2) is 0 Å². The van der Waals surface area contributed by atoms with Gasteiger partial charge in [-0.05, 0) is 94.5 Å². The number of allylic oxidation sites excluding steroid dienone is 4. The summed E-state index contributed by atoms with van der Waals surface area (Å²) in [6.45, 7) is 8.17. The Bertz CT molecular complexity index is 1560. The van der Waals surface area contributed by atoms with Crippen LogP contribution in [0.4, 0.5) is 26.3 Å². The van der Waals surface area contributed by atoms with Crippen LogP contribution < -0.4 is 31.6 Å². The predicted molar refractivity (Wildman–Crippen MR) is 157 cm³/mol. The van der Waals surface area contributed by atoms with Gasteiger partial charge in [-0.1, -0.05) is 39.8 Å². The first kappa shape index (κ1) is 30.8. The summed E-state index contributed by atoms with van der Waals surface area (Å²) in [5, 5.41) is 4.51. The summed E-state index contributed by atoms with van der Waals surface area (Å²) in [6.07, 6.45) is -1.50. The molecule has 0 radical (unpaired) electrons. The number of dihydropyridines is 2. The molecule has 45 heavy (non-hydrogen) atoms. The van der Waals surface area contributed by atoms with Crippen LogP contribution in [0.5, 0.6) is 11.5 Å². The molecule has 0 fully saturated rings. The molecule has 4 aliphatic rings. The van der Waals surface area contributed by atoms with Gasteiger partial charge in [-0.15, -0.1) is 0 Å². The van der Waals surface area contributed by atoms with Crippen LogP contribution >= 0.6 is 0 Å². The lowest BCUT2D eigenvalue weighted by molar-refractivity contribution is -0.242. The second-order valence-corrected chi connectivity index (χ2v) is 13.4. The largest absolute Gasteiger partial charge is 0.455 e. The fourth-order valence-corrected chi connectivity index (χ4v) is 7.61. The van der Waals surface area contributed by atoms with Gasteiger partial charge >= 0.3 is 23.8 Å². The molecule has 2 unspecified atom stereocenters. The molecule has 1 spiro atoms. The van der Waals surface area contributed by atoms with Crippen LogP contribution in [-0.4, -0.2) is 23.8 Å². The van der Waals surface area contributed by atoms with E-state index in [-0.39, 0.29) is 11.5 Å². The minimum absolute atomic E-state index is 0.0620. The molecule has 2 aromatic carbocycles. The zero-order valence-electron chi connectivity index (χ0n) is 25.1. The lowest BCUT2D eigenvalue weighted by Crippen LogP contribution is -2.63. The minimum Gasteiger partial charge on any atom is -0.453 e. The Morgan fingerprint density at radius 1 is 0.622 bits per heavy atom. The van der Waals surface area contributed by atoms with Gasteiger partial charge in [0.05, 0.1) is 11.4 Å². The van der Waals surface area contributed by atoms with Crippen molar-refractivity contribution in [1.82, 2.24) is 10.6 Å². The highest BCUT2D eigenvalue weighted by Gasteiger charge is 2.62. The van der Waals surface area contributed by atoms with Crippen LogP contribution in [0, 0.1) is 0 Å². The van der Waals surface area contributed by atoms with Crippen LogP contribution in [0.2, 0.25) is 0 Å². The zero-order chi connectivity index (χ0) is 32.8. The Kier molecular flexibility index (Phi) is 6.43. The van der Waals surface area contributed by atoms with Crippen molar-refractivity contribution in [1.29, 1.82) is 0 Å². The number of nitrogens with two attached hydrogens (primary N) is 2. The number of benzene rings is 2. The van der Waals surface area contributed by atoms with Crippen LogP contribution in [-0.2, 0) is 16.2 Å². The highest BCUT2D eigenvalue weighted by Crippen LogP contribution is 2.63. The Hall–Kier alpha value is -4.22. The van der Waals surface area contributed by atoms with Gasteiger partial charge in [0.15, 0.2) is 0 Å². The van der Waals surface area contributed by atoms with Crippen LogP contribution in [0.1, 0.15) is 62.8 Å². The summed E-state index contributed by atoms with van der Waals surface area (Å²) in [7, 11) is 0. The van der Waals surface area contributed by atoms with Gasteiger partial charge in [-0.3, -0.25) is 0 Å². The summed E-state index contributed by atoms with van der Waals surface area (Å²) in [4.78, 5) is 0. The maximum atomic E-state index is 14.4. The molecule has 6 nitrogen and oxygen atoms in total. The van der Waals surface area contributed by atoms with Gasteiger partial charge < -0.3 is 31.6 Å². The van der Waals surface area contributed by atoms with Gasteiger partial charge in [0.25, 0.3) is 0 Å². The summed E-state index contributed by atoms with van der Waals surface area (Å²) < 4.78 is 98.0. The highest BCUT2D eigenvalue weighted by molar-refractivity contribution is 5.62. The maximum absolute atomic E-state index is 14.4. The van der Waals surface area contributed by atoms with Crippen molar-refractivity contribution < 1.29 is 35.8 Å². The first-order valence-electron chi connectivity index (χ1n) is 14.4. The molecule has 2 aliphatic heterocycles. The van der Waals surface area contributed by atoms with E-state index in [0.29, 0.717) is 12.8 Å². The average Bonchev–Trinajstić information content (AvgIpc) is 3.29. The predicted octanol–water partition coefficient (Wildman–Crippen LogP) is 6.53. The Morgan fingerprint density at radius 2 is 1.00 bits per heavy atom. The van der Waals surface area contributed by atoms with E-state index in [1.54, 1.807) is 24.3 Å². The van der Waals surface area contributed by atoms with E-state index in [1.165, 1.54) is 24.3 Å². The Labute approximate surface area is 256 Å². The van der Waals surface area contributed by atoms with Crippen molar-refractivity contribution in [3.63, 3.8) is 0 Å². The van der Waals surface area contributed by atoms with Crippen molar-refractivity contribution in [3.05, 3.63) is 107 Å². The Balaban J connectivity index is 1.48. The van der Waals surface area contributed by atoms with E-state index in [1.807, 2.05) is 27.7 Å². The lowest BCUT2D eigenvalue weighted by atomic mass is 9.72. The number of fused-ring (bicyclic) bond motifs is 4. The lowest BCUT2D eigenvalue weighted by Gasteiger charge is -2.38. The molecule has 240 valence electrons. The molecule has 2 heterocycles. The quantitative estimate of drug-likeness (QED) is 0.287. The summed E-state index contributed by atoms with van der Waals surface area (Å²) in [6, 6.07) is 9.71. The maximum Gasteiger partial charge on any atom is 0.455 e. The highest BCUT2D eigenvalue weighted by atomic mass is 19.4. The molecule has 6 rings (SSSR count). The monoisotopic (exact) mass is 632 g/mol. The number of rotatable bonds is 4. The second kappa shape index (κ2) is 9.40. The third-order valence-electron chi connectivity index (χ3n) is 9.43. The van der Waals surface area contributed by atoms with Crippen LogP contribution in [0.3, 0.4) is 0 Å². The number of ether oxygens (including phenoxy) is 2. The van der Waals surface area contributed by atoms with Crippen molar-refractivity contribution >= 4 is 0 Å². The van der Waals surface area contributed by atoms with Crippen molar-refractivity contribution in [2.75, 3.05) is 0 Å². The van der Waals surface area contributed by atoms with E-state index in [2.05, 4.69) is 10.6 Å². The number of halogens is 6. The molecule has 0 aromatic heterocycles. The van der Waals surface area contributed by atoms with Gasteiger partial charge in [0.1, 0.15) is 11.5 Å². The first-order valence-corrected chi connectivity index (χ1v) is 14.4. The van der Waals surface area contributed by atoms with Gasteiger partial charge in [0.2, 0.25) is 0 Å². The van der Waals surface area contributed by atoms with E-state index < -0.39 is 51.4 Å². The SMILES string of the molecule is CC1(C)CC2(CC(C)(C)c3ccc(OC4(C(F)(F)F)NC=CC=C4N)cc32)c2cc(OC3(C(F)(F)F)NC=CC=C3N)ccc21. The van der Waals surface area contributed by atoms with Crippen LogP contribution in [0.15, 0.2) is 84.5 Å². The third kappa shape index (κ3) is 4.39. The smallest absolute Gasteiger partial charge is 0.453 e. The molecule has 6 N–H and O–H groups in total. The van der Waals surface area contributed by atoms with E-state index in [4.69, 9.17) is 20.9 Å². The van der Waals surface area contributed by atoms with E-state index in [0.717, 1.165) is 46.8 Å². The molecular weight excluding hydrogens is 598 g/mol. The topological polar surface area (TPSA) is 94.6 Å². The summed E-state index contributed by atoms with van der Waals surface area (Å²) >= 11 is 0. The normalized spacial score (nSPS) is 29.3. The molecule has 0 bridgehead atoms. The van der Waals surface area contributed by atoms with E-state index in [9.17, 15) is 26.3 Å². The standard InChI is InChI=1S/C33H34F6N4O2/c1-27(2)17-29(23-15-19(9-11-21(23)27)44-30(32(34,35)36)25(40)7-5-13-42-30)18-28(3,4)22-12-10-20(16-24(22)29)45-31(33(37,38)39)26(41)8-6-14-43-31/h5-16,42-43H,17-18,40-41H2,1-4H3. The van der Waals surface area contributed by atoms with Crippen molar-refractivity contribution in [2.24, 2.45) is 11.5 Å². The zero-order valence-corrected chi connectivity index (χ0v) is 25.1. The van der Waals surface area contributed by atoms with Gasteiger partial charge in [0, 0.05) is 17.8 Å². The fourth-order valence-electron chi connectivity index (χ4n) is 7.61. The molecule has 0 saturated carbocycles. The van der Waals surface area contributed by atoms with Crippen molar-refractivity contribution in [3.8, 4) is 11.5 Å². The number of hydrogen-bond donors (Lipinski definition) is 4. The summed E-state index contributed by atoms with van der Waals surface area (Å²) in [5.41, 5.74) is 6.30. The average molecular weight is 633 g/mol. The van der Waals surface area contributed by atoms with Gasteiger partial charge in [-0.2, -0.15) is 26.3 Å². The number of nitrogens with one attached hydrogen (secondary N) is 2. The number of hydrogen-bond acceptors (Lipinski definition) is 6. The van der Waals surface area contributed by atoms with Crippen LogP contribution in [0.25, 0.3) is 0 Å². The molecule has 2 atom stereocenters. The molecule has 0 saturated heterocycles. The minimum atomic E-state index is -4.91.